The summed E-state index contributed by atoms with van der Waals surface area (Å²) in [7, 11) is 0. The Labute approximate surface area is 114 Å². The van der Waals surface area contributed by atoms with Gasteiger partial charge in [0.15, 0.2) is 0 Å². The number of carbonyl (C=O) groups is 1. The van der Waals surface area contributed by atoms with E-state index in [0.29, 0.717) is 12.4 Å². The molecule has 0 aliphatic rings. The number of nitrogens with zero attached hydrogens (tertiary/aromatic N) is 2. The first-order valence-corrected chi connectivity index (χ1v) is 6.04. The highest BCUT2D eigenvalue weighted by molar-refractivity contribution is 6.28. The number of nitrogens with two attached hydrogens (primary N) is 1. The van der Waals surface area contributed by atoms with Crippen molar-refractivity contribution in [3.05, 3.63) is 29.0 Å². The van der Waals surface area contributed by atoms with Gasteiger partial charge < -0.3 is 15.8 Å². The van der Waals surface area contributed by atoms with Gasteiger partial charge in [-0.25, -0.2) is 14.8 Å². The van der Waals surface area contributed by atoms with Gasteiger partial charge in [0, 0.05) is 5.39 Å². The number of hydrogen-bond acceptors (Lipinski definition) is 5. The number of primary amides is 1. The molecule has 19 heavy (non-hydrogen) atoms. The van der Waals surface area contributed by atoms with Crippen LogP contribution in [0.2, 0.25) is 5.28 Å². The first-order valence-electron chi connectivity index (χ1n) is 5.66. The van der Waals surface area contributed by atoms with Crippen LogP contribution in [0.1, 0.15) is 5.56 Å². The molecule has 0 aliphatic carbocycles. The molecular formula is C12H13ClN4O2. The Hall–Kier alpha value is -2.08. The van der Waals surface area contributed by atoms with Crippen molar-refractivity contribution in [2.24, 2.45) is 5.73 Å². The van der Waals surface area contributed by atoms with Crippen LogP contribution in [-0.2, 0) is 4.74 Å². The van der Waals surface area contributed by atoms with Crippen LogP contribution in [0.5, 0.6) is 0 Å². The summed E-state index contributed by atoms with van der Waals surface area (Å²) in [6, 6.07) is 5.79. The number of nitrogens with one attached hydrogen (secondary N) is 1. The Bertz CT molecular complexity index is 618. The van der Waals surface area contributed by atoms with E-state index in [1.54, 1.807) is 0 Å². The molecule has 1 amide bonds. The molecule has 2 rings (SSSR count). The molecule has 2 aromatic rings. The lowest BCUT2D eigenvalue weighted by atomic mass is 10.1. The van der Waals surface area contributed by atoms with Crippen LogP contribution >= 0.6 is 11.6 Å². The van der Waals surface area contributed by atoms with E-state index in [9.17, 15) is 4.79 Å². The molecule has 6 nitrogen and oxygen atoms in total. The zero-order chi connectivity index (χ0) is 13.8. The molecule has 0 saturated heterocycles. The van der Waals surface area contributed by atoms with Crippen LogP contribution in [0.3, 0.4) is 0 Å². The number of amides is 1. The highest BCUT2D eigenvalue weighted by atomic mass is 35.5. The number of fused-ring (bicyclic) bond motifs is 1. The molecule has 3 N–H and O–H groups in total. The monoisotopic (exact) mass is 280 g/mol. The van der Waals surface area contributed by atoms with Crippen molar-refractivity contribution in [3.8, 4) is 0 Å². The maximum Gasteiger partial charge on any atom is 0.404 e. The van der Waals surface area contributed by atoms with E-state index in [2.05, 4.69) is 20.0 Å². The van der Waals surface area contributed by atoms with Gasteiger partial charge in [-0.15, -0.1) is 0 Å². The van der Waals surface area contributed by atoms with Crippen molar-refractivity contribution in [3.63, 3.8) is 0 Å². The van der Waals surface area contributed by atoms with Gasteiger partial charge in [-0.05, 0) is 30.7 Å². The van der Waals surface area contributed by atoms with E-state index in [0.717, 1.165) is 16.5 Å². The van der Waals surface area contributed by atoms with Crippen LogP contribution in [0.4, 0.5) is 10.6 Å². The van der Waals surface area contributed by atoms with Crippen molar-refractivity contribution in [1.82, 2.24) is 9.97 Å². The Balaban J connectivity index is 2.21. The summed E-state index contributed by atoms with van der Waals surface area (Å²) in [5.74, 6) is 0.603. The van der Waals surface area contributed by atoms with Crippen LogP contribution in [0, 0.1) is 6.92 Å². The topological polar surface area (TPSA) is 90.1 Å². The SMILES string of the molecule is Cc1ccc2nc(Cl)nc(NCCOC(N)=O)c2c1. The second-order valence-electron chi connectivity index (χ2n) is 3.96. The Kier molecular flexibility index (Phi) is 4.01. The standard InChI is InChI=1S/C12H13ClN4O2/c1-7-2-3-9-8(6-7)10(17-11(13)16-9)15-4-5-19-12(14)18/h2-3,6H,4-5H2,1H3,(H2,14,18)(H,15,16,17). The minimum absolute atomic E-state index is 0.157. The Morgan fingerprint density at radius 2 is 2.26 bits per heavy atom. The van der Waals surface area contributed by atoms with E-state index in [4.69, 9.17) is 17.3 Å². The maximum atomic E-state index is 10.4. The lowest BCUT2D eigenvalue weighted by Gasteiger charge is -2.09. The lowest BCUT2D eigenvalue weighted by molar-refractivity contribution is 0.161. The minimum atomic E-state index is -0.803. The Morgan fingerprint density at radius 3 is 3.00 bits per heavy atom. The van der Waals surface area contributed by atoms with E-state index < -0.39 is 6.09 Å². The van der Waals surface area contributed by atoms with Crippen molar-refractivity contribution < 1.29 is 9.53 Å². The third-order valence-corrected chi connectivity index (χ3v) is 2.63. The van der Waals surface area contributed by atoms with Gasteiger partial charge in [0.1, 0.15) is 12.4 Å². The fourth-order valence-electron chi connectivity index (χ4n) is 1.67. The average molecular weight is 281 g/mol. The normalized spacial score (nSPS) is 10.4. The molecule has 0 fully saturated rings. The minimum Gasteiger partial charge on any atom is -0.448 e. The van der Waals surface area contributed by atoms with Crippen molar-refractivity contribution >= 4 is 34.4 Å². The smallest absolute Gasteiger partial charge is 0.404 e. The molecule has 0 unspecified atom stereocenters. The molecule has 100 valence electrons. The van der Waals surface area contributed by atoms with Gasteiger partial charge in [0.2, 0.25) is 5.28 Å². The van der Waals surface area contributed by atoms with Gasteiger partial charge in [-0.3, -0.25) is 0 Å². The fourth-order valence-corrected chi connectivity index (χ4v) is 1.85. The molecule has 0 atom stereocenters. The van der Waals surface area contributed by atoms with Crippen molar-refractivity contribution in [2.75, 3.05) is 18.5 Å². The molecule has 0 aliphatic heterocycles. The predicted octanol–water partition coefficient (Wildman–Crippen LogP) is 2.10. The zero-order valence-electron chi connectivity index (χ0n) is 10.3. The summed E-state index contributed by atoms with van der Waals surface area (Å²) in [5, 5.41) is 4.07. The first kappa shape index (κ1) is 13.4. The number of anilines is 1. The summed E-state index contributed by atoms with van der Waals surface area (Å²) in [6.07, 6.45) is -0.803. The second-order valence-corrected chi connectivity index (χ2v) is 4.29. The van der Waals surface area contributed by atoms with E-state index >= 15 is 0 Å². The second kappa shape index (κ2) is 5.71. The summed E-state index contributed by atoms with van der Waals surface area (Å²) < 4.78 is 4.63. The molecule has 7 heteroatoms. The van der Waals surface area contributed by atoms with Gasteiger partial charge >= 0.3 is 6.09 Å². The summed E-state index contributed by atoms with van der Waals surface area (Å²) >= 11 is 5.86. The zero-order valence-corrected chi connectivity index (χ0v) is 11.1. The van der Waals surface area contributed by atoms with E-state index in [-0.39, 0.29) is 11.9 Å². The lowest BCUT2D eigenvalue weighted by Crippen LogP contribution is -2.18. The number of aromatic nitrogens is 2. The number of carbonyl (C=O) groups excluding carboxylic acids is 1. The largest absolute Gasteiger partial charge is 0.448 e. The highest BCUT2D eigenvalue weighted by Crippen LogP contribution is 2.22. The van der Waals surface area contributed by atoms with Crippen LogP contribution in [0.25, 0.3) is 10.9 Å². The maximum absolute atomic E-state index is 10.4. The summed E-state index contributed by atoms with van der Waals surface area (Å²) in [6.45, 7) is 2.53. The first-order chi connectivity index (χ1) is 9.06. The number of halogens is 1. The average Bonchev–Trinajstić information content (AvgIpc) is 2.35. The van der Waals surface area contributed by atoms with E-state index in [1.165, 1.54) is 0 Å². The number of hydrogen-bond donors (Lipinski definition) is 2. The number of aryl methyl sites for hydroxylation is 1. The number of benzene rings is 1. The molecule has 1 aromatic carbocycles. The fraction of sp³-hybridized carbons (Fsp3) is 0.250. The van der Waals surface area contributed by atoms with Crippen LogP contribution in [0.15, 0.2) is 18.2 Å². The number of rotatable bonds is 4. The van der Waals surface area contributed by atoms with Crippen molar-refractivity contribution in [2.45, 2.75) is 6.92 Å². The molecule has 1 aromatic heterocycles. The third kappa shape index (κ3) is 3.45. The van der Waals surface area contributed by atoms with Gasteiger partial charge in [-0.1, -0.05) is 11.6 Å². The molecule has 0 radical (unpaired) electrons. The number of ether oxygens (including phenoxy) is 1. The molecule has 1 heterocycles. The summed E-state index contributed by atoms with van der Waals surface area (Å²) in [4.78, 5) is 18.7. The van der Waals surface area contributed by atoms with Crippen molar-refractivity contribution in [1.29, 1.82) is 0 Å². The van der Waals surface area contributed by atoms with Crippen LogP contribution < -0.4 is 11.1 Å². The third-order valence-electron chi connectivity index (χ3n) is 2.46. The Morgan fingerprint density at radius 1 is 1.47 bits per heavy atom. The summed E-state index contributed by atoms with van der Waals surface area (Å²) in [5.41, 5.74) is 6.72. The molecule has 0 saturated carbocycles. The highest BCUT2D eigenvalue weighted by Gasteiger charge is 2.06. The van der Waals surface area contributed by atoms with Gasteiger partial charge in [0.05, 0.1) is 12.1 Å². The van der Waals surface area contributed by atoms with E-state index in [1.807, 2.05) is 25.1 Å². The van der Waals surface area contributed by atoms with Crippen LogP contribution in [-0.4, -0.2) is 29.2 Å². The van der Waals surface area contributed by atoms with Gasteiger partial charge in [0.25, 0.3) is 0 Å². The molecule has 0 bridgehead atoms. The van der Waals surface area contributed by atoms with Gasteiger partial charge in [-0.2, -0.15) is 0 Å². The molecular weight excluding hydrogens is 268 g/mol. The predicted molar refractivity (Wildman–Crippen MR) is 73.3 cm³/mol. The quantitative estimate of drug-likeness (QED) is 0.661. The molecule has 0 spiro atoms.